The summed E-state index contributed by atoms with van der Waals surface area (Å²) in [6.45, 7) is 6.86. The molecule has 0 aromatic heterocycles. The first-order valence-electron chi connectivity index (χ1n) is 7.67. The van der Waals surface area contributed by atoms with Crippen LogP contribution in [0.15, 0.2) is 0 Å². The topological polar surface area (TPSA) is 69.6 Å². The molecule has 1 saturated heterocycles. The summed E-state index contributed by atoms with van der Waals surface area (Å²) in [6.07, 6.45) is 3.99. The molecule has 1 fully saturated rings. The van der Waals surface area contributed by atoms with Gasteiger partial charge in [0.2, 0.25) is 11.8 Å². The third-order valence-electron chi connectivity index (χ3n) is 3.92. The quantitative estimate of drug-likeness (QED) is 0.743. The van der Waals surface area contributed by atoms with Gasteiger partial charge in [0, 0.05) is 26.1 Å². The van der Waals surface area contributed by atoms with Gasteiger partial charge >= 0.3 is 0 Å². The molecule has 1 heterocycles. The van der Waals surface area contributed by atoms with Gasteiger partial charge in [0.15, 0.2) is 0 Å². The van der Waals surface area contributed by atoms with Crippen molar-refractivity contribution >= 4 is 11.8 Å². The number of rotatable bonds is 7. The first-order chi connectivity index (χ1) is 9.40. The van der Waals surface area contributed by atoms with Crippen molar-refractivity contribution < 1.29 is 14.7 Å². The van der Waals surface area contributed by atoms with Gasteiger partial charge in [0.05, 0.1) is 12.0 Å². The molecule has 0 saturated carbocycles. The van der Waals surface area contributed by atoms with Gasteiger partial charge in [-0.1, -0.05) is 26.7 Å². The summed E-state index contributed by atoms with van der Waals surface area (Å²) in [5, 5.41) is 13.4. The van der Waals surface area contributed by atoms with Crippen LogP contribution in [0.3, 0.4) is 0 Å². The SMILES string of the molecule is CCCC(O)(CCC)CC(=O)NC1CCN(C(C)=O)C1. The molecule has 5 nitrogen and oxygen atoms in total. The molecule has 20 heavy (non-hydrogen) atoms. The summed E-state index contributed by atoms with van der Waals surface area (Å²) in [4.78, 5) is 25.1. The maximum atomic E-state index is 12.1. The lowest BCUT2D eigenvalue weighted by Gasteiger charge is -2.27. The number of amides is 2. The monoisotopic (exact) mass is 284 g/mol. The second kappa shape index (κ2) is 7.62. The minimum Gasteiger partial charge on any atom is -0.389 e. The molecule has 1 unspecified atom stereocenters. The van der Waals surface area contributed by atoms with Crippen molar-refractivity contribution in [1.82, 2.24) is 10.2 Å². The second-order valence-corrected chi connectivity index (χ2v) is 5.92. The van der Waals surface area contributed by atoms with Crippen LogP contribution in [0, 0.1) is 0 Å². The molecule has 1 atom stereocenters. The maximum absolute atomic E-state index is 12.1. The smallest absolute Gasteiger partial charge is 0.223 e. The third-order valence-corrected chi connectivity index (χ3v) is 3.92. The molecule has 0 aromatic rings. The van der Waals surface area contributed by atoms with Crippen LogP contribution in [0.2, 0.25) is 0 Å². The zero-order valence-corrected chi connectivity index (χ0v) is 12.9. The summed E-state index contributed by atoms with van der Waals surface area (Å²) >= 11 is 0. The molecule has 5 heteroatoms. The fraction of sp³-hybridized carbons (Fsp3) is 0.867. The molecule has 0 aliphatic carbocycles. The van der Waals surface area contributed by atoms with Crippen LogP contribution in [0.1, 0.15) is 59.3 Å². The number of nitrogens with zero attached hydrogens (tertiary/aromatic N) is 1. The standard InChI is InChI=1S/C15H28N2O3/c1-4-7-15(20,8-5-2)10-14(19)16-13-6-9-17(11-13)12(3)18/h13,20H,4-11H2,1-3H3,(H,16,19). The van der Waals surface area contributed by atoms with E-state index in [0.717, 1.165) is 19.3 Å². The summed E-state index contributed by atoms with van der Waals surface area (Å²) in [7, 11) is 0. The first-order valence-corrected chi connectivity index (χ1v) is 7.67. The van der Waals surface area contributed by atoms with Crippen LogP contribution >= 0.6 is 0 Å². The maximum Gasteiger partial charge on any atom is 0.223 e. The number of carbonyl (C=O) groups is 2. The molecule has 1 rings (SSSR count). The Morgan fingerprint density at radius 1 is 1.30 bits per heavy atom. The van der Waals surface area contributed by atoms with Gasteiger partial charge in [0.1, 0.15) is 0 Å². The Bertz CT molecular complexity index is 338. The molecule has 1 aliphatic rings. The lowest BCUT2D eigenvalue weighted by Crippen LogP contribution is -2.42. The Balaban J connectivity index is 2.44. The van der Waals surface area contributed by atoms with Gasteiger partial charge in [-0.3, -0.25) is 9.59 Å². The predicted octanol–water partition coefficient (Wildman–Crippen LogP) is 1.44. The van der Waals surface area contributed by atoms with Crippen molar-refractivity contribution in [3.8, 4) is 0 Å². The van der Waals surface area contributed by atoms with Crippen molar-refractivity contribution in [2.24, 2.45) is 0 Å². The van der Waals surface area contributed by atoms with Crippen LogP contribution < -0.4 is 5.32 Å². The van der Waals surface area contributed by atoms with Gasteiger partial charge in [-0.2, -0.15) is 0 Å². The molecule has 1 aliphatic heterocycles. The zero-order valence-electron chi connectivity index (χ0n) is 12.9. The number of nitrogens with one attached hydrogen (secondary N) is 1. The fourth-order valence-electron chi connectivity index (χ4n) is 2.97. The molecule has 0 aromatic carbocycles. The van der Waals surface area contributed by atoms with E-state index in [9.17, 15) is 14.7 Å². The Morgan fingerprint density at radius 2 is 1.90 bits per heavy atom. The van der Waals surface area contributed by atoms with Crippen molar-refractivity contribution in [2.45, 2.75) is 70.9 Å². The van der Waals surface area contributed by atoms with E-state index in [1.54, 1.807) is 11.8 Å². The van der Waals surface area contributed by atoms with Crippen molar-refractivity contribution in [2.75, 3.05) is 13.1 Å². The number of hydrogen-bond donors (Lipinski definition) is 2. The van der Waals surface area contributed by atoms with E-state index >= 15 is 0 Å². The number of aliphatic hydroxyl groups is 1. The summed E-state index contributed by atoms with van der Waals surface area (Å²) < 4.78 is 0. The summed E-state index contributed by atoms with van der Waals surface area (Å²) in [5.41, 5.74) is -0.882. The largest absolute Gasteiger partial charge is 0.389 e. The van der Waals surface area contributed by atoms with Gasteiger partial charge in [-0.25, -0.2) is 0 Å². The van der Waals surface area contributed by atoms with E-state index in [2.05, 4.69) is 5.32 Å². The Morgan fingerprint density at radius 3 is 2.35 bits per heavy atom. The average molecular weight is 284 g/mol. The van der Waals surface area contributed by atoms with E-state index in [4.69, 9.17) is 0 Å². The van der Waals surface area contributed by atoms with Gasteiger partial charge < -0.3 is 15.3 Å². The zero-order chi connectivity index (χ0) is 15.2. The van der Waals surface area contributed by atoms with E-state index in [1.165, 1.54) is 0 Å². The number of hydrogen-bond acceptors (Lipinski definition) is 3. The Labute approximate surface area is 121 Å². The van der Waals surface area contributed by atoms with Crippen LogP contribution in [0.5, 0.6) is 0 Å². The normalized spacial score (nSPS) is 19.2. The van der Waals surface area contributed by atoms with Crippen LogP contribution in [0.25, 0.3) is 0 Å². The first kappa shape index (κ1) is 17.0. The van der Waals surface area contributed by atoms with E-state index in [0.29, 0.717) is 25.9 Å². The second-order valence-electron chi connectivity index (χ2n) is 5.92. The molecule has 116 valence electrons. The lowest BCUT2D eigenvalue weighted by molar-refractivity contribution is -0.129. The molecule has 0 spiro atoms. The molecular weight excluding hydrogens is 256 g/mol. The minimum absolute atomic E-state index is 0.0268. The van der Waals surface area contributed by atoms with Crippen LogP contribution in [0.4, 0.5) is 0 Å². The highest BCUT2D eigenvalue weighted by atomic mass is 16.3. The average Bonchev–Trinajstić information content (AvgIpc) is 2.77. The highest BCUT2D eigenvalue weighted by Gasteiger charge is 2.31. The van der Waals surface area contributed by atoms with Gasteiger partial charge in [-0.15, -0.1) is 0 Å². The van der Waals surface area contributed by atoms with Crippen LogP contribution in [-0.2, 0) is 9.59 Å². The third kappa shape index (κ3) is 5.12. The highest BCUT2D eigenvalue weighted by molar-refractivity contribution is 5.78. The van der Waals surface area contributed by atoms with Gasteiger partial charge in [-0.05, 0) is 19.3 Å². The number of likely N-dealkylation sites (tertiary alicyclic amines) is 1. The molecule has 2 amide bonds. The van der Waals surface area contributed by atoms with Crippen LogP contribution in [-0.4, -0.2) is 46.6 Å². The minimum atomic E-state index is -0.882. The van der Waals surface area contributed by atoms with Crippen molar-refractivity contribution in [1.29, 1.82) is 0 Å². The van der Waals surface area contributed by atoms with Crippen molar-refractivity contribution in [3.05, 3.63) is 0 Å². The lowest BCUT2D eigenvalue weighted by atomic mass is 9.89. The molecular formula is C15H28N2O3. The Kier molecular flexibility index (Phi) is 6.46. The molecule has 0 bridgehead atoms. The van der Waals surface area contributed by atoms with Crippen molar-refractivity contribution in [3.63, 3.8) is 0 Å². The van der Waals surface area contributed by atoms with E-state index in [-0.39, 0.29) is 24.3 Å². The molecule has 0 radical (unpaired) electrons. The number of carbonyl (C=O) groups excluding carboxylic acids is 2. The summed E-state index contributed by atoms with van der Waals surface area (Å²) in [6, 6.07) is 0.0268. The highest BCUT2D eigenvalue weighted by Crippen LogP contribution is 2.23. The van der Waals surface area contributed by atoms with E-state index in [1.807, 2.05) is 13.8 Å². The predicted molar refractivity (Wildman–Crippen MR) is 78.2 cm³/mol. The van der Waals surface area contributed by atoms with E-state index < -0.39 is 5.60 Å². The Hall–Kier alpha value is -1.10. The fourth-order valence-corrected chi connectivity index (χ4v) is 2.97. The molecule has 2 N–H and O–H groups in total. The summed E-state index contributed by atoms with van der Waals surface area (Å²) in [5.74, 6) is -0.0555. The van der Waals surface area contributed by atoms with Gasteiger partial charge in [0.25, 0.3) is 0 Å².